The second-order valence-corrected chi connectivity index (χ2v) is 7.69. The van der Waals surface area contributed by atoms with E-state index in [0.717, 1.165) is 12.8 Å². The van der Waals surface area contributed by atoms with Gasteiger partial charge in [0.05, 0.1) is 0 Å². The summed E-state index contributed by atoms with van der Waals surface area (Å²) in [4.78, 5) is 0. The minimum atomic E-state index is -3.39. The van der Waals surface area contributed by atoms with E-state index in [9.17, 15) is 8.42 Å². The van der Waals surface area contributed by atoms with Gasteiger partial charge in [0, 0.05) is 26.2 Å². The quantitative estimate of drug-likeness (QED) is 0.780. The van der Waals surface area contributed by atoms with Crippen molar-refractivity contribution < 1.29 is 13.5 Å². The first-order valence-electron chi connectivity index (χ1n) is 6.10. The van der Waals surface area contributed by atoms with Crippen molar-refractivity contribution in [3.63, 3.8) is 0 Å². The summed E-state index contributed by atoms with van der Waals surface area (Å²) in [7, 11) is -3.39. The van der Waals surface area contributed by atoms with Crippen LogP contribution in [0, 0.1) is 11.3 Å². The van der Waals surface area contributed by atoms with Crippen LogP contribution < -0.4 is 4.72 Å². The summed E-state index contributed by atoms with van der Waals surface area (Å²) in [5.74, 6) is 0.0787. The van der Waals surface area contributed by atoms with Gasteiger partial charge in [-0.1, -0.05) is 20.8 Å². The summed E-state index contributed by atoms with van der Waals surface area (Å²) in [6.07, 6.45) is 1.73. The topological polar surface area (TPSA) is 69.6 Å². The normalized spacial score (nSPS) is 23.9. The Hall–Kier alpha value is -0.170. The number of nitrogens with one attached hydrogen (secondary N) is 1. The first kappa shape index (κ1) is 14.9. The molecule has 0 radical (unpaired) electrons. The van der Waals surface area contributed by atoms with Gasteiger partial charge in [-0.15, -0.1) is 0 Å². The number of piperidine rings is 1. The van der Waals surface area contributed by atoms with Gasteiger partial charge in [-0.3, -0.25) is 0 Å². The summed E-state index contributed by atoms with van der Waals surface area (Å²) >= 11 is 0. The molecule has 0 aromatic carbocycles. The molecule has 1 unspecified atom stereocenters. The lowest BCUT2D eigenvalue weighted by molar-refractivity contribution is 0.164. The van der Waals surface area contributed by atoms with Gasteiger partial charge in [0.25, 0.3) is 10.2 Å². The summed E-state index contributed by atoms with van der Waals surface area (Å²) in [6.45, 7) is 7.43. The fourth-order valence-corrected chi connectivity index (χ4v) is 3.37. The highest BCUT2D eigenvalue weighted by Gasteiger charge is 2.29. The zero-order chi connectivity index (χ0) is 13.1. The Bertz CT molecular complexity index is 335. The number of hydrogen-bond acceptors (Lipinski definition) is 3. The maximum Gasteiger partial charge on any atom is 0.279 e. The van der Waals surface area contributed by atoms with E-state index >= 15 is 0 Å². The molecule has 0 amide bonds. The fraction of sp³-hybridized carbons (Fsp3) is 1.00. The lowest BCUT2D eigenvalue weighted by atomic mass is 9.98. The third-order valence-corrected chi connectivity index (χ3v) is 4.39. The van der Waals surface area contributed by atoms with Crippen LogP contribution in [0.25, 0.3) is 0 Å². The van der Waals surface area contributed by atoms with E-state index in [0.29, 0.717) is 19.6 Å². The first-order valence-corrected chi connectivity index (χ1v) is 7.54. The Morgan fingerprint density at radius 1 is 1.41 bits per heavy atom. The number of nitrogens with zero attached hydrogens (tertiary/aromatic N) is 1. The van der Waals surface area contributed by atoms with Crippen LogP contribution in [0.2, 0.25) is 0 Å². The fourth-order valence-electron chi connectivity index (χ4n) is 1.79. The second kappa shape index (κ2) is 5.65. The van der Waals surface area contributed by atoms with Gasteiger partial charge in [-0.05, 0) is 24.2 Å². The average Bonchev–Trinajstić information content (AvgIpc) is 2.26. The molecule has 1 rings (SSSR count). The minimum absolute atomic E-state index is 0.0608. The zero-order valence-corrected chi connectivity index (χ0v) is 11.8. The third kappa shape index (κ3) is 4.91. The molecule has 1 fully saturated rings. The summed E-state index contributed by atoms with van der Waals surface area (Å²) < 4.78 is 28.1. The Labute approximate surface area is 104 Å². The summed E-state index contributed by atoms with van der Waals surface area (Å²) in [5.41, 5.74) is -0.0702. The molecule has 0 aromatic rings. The van der Waals surface area contributed by atoms with Crippen molar-refractivity contribution in [1.29, 1.82) is 0 Å². The molecule has 1 aliphatic heterocycles. The van der Waals surface area contributed by atoms with Gasteiger partial charge in [0.2, 0.25) is 0 Å². The Kier molecular flexibility index (Phi) is 4.95. The van der Waals surface area contributed by atoms with Crippen molar-refractivity contribution >= 4 is 10.2 Å². The highest BCUT2D eigenvalue weighted by Crippen LogP contribution is 2.19. The van der Waals surface area contributed by atoms with Gasteiger partial charge in [-0.25, -0.2) is 4.72 Å². The van der Waals surface area contributed by atoms with Crippen molar-refractivity contribution in [2.75, 3.05) is 26.2 Å². The van der Waals surface area contributed by atoms with Gasteiger partial charge in [0.15, 0.2) is 0 Å². The van der Waals surface area contributed by atoms with E-state index in [1.807, 2.05) is 20.8 Å². The van der Waals surface area contributed by atoms with Gasteiger partial charge in [-0.2, -0.15) is 12.7 Å². The van der Waals surface area contributed by atoms with Crippen LogP contribution in [0.3, 0.4) is 0 Å². The first-order chi connectivity index (χ1) is 7.74. The van der Waals surface area contributed by atoms with E-state index in [2.05, 4.69) is 4.72 Å². The molecular formula is C11H24N2O3S. The average molecular weight is 264 g/mol. The van der Waals surface area contributed by atoms with Crippen molar-refractivity contribution in [2.24, 2.45) is 11.3 Å². The number of hydrogen-bond donors (Lipinski definition) is 2. The summed E-state index contributed by atoms with van der Waals surface area (Å²) in [6, 6.07) is 0. The van der Waals surface area contributed by atoms with Crippen LogP contribution in [0.4, 0.5) is 0 Å². The monoisotopic (exact) mass is 264 g/mol. The summed E-state index contributed by atoms with van der Waals surface area (Å²) in [5, 5.41) is 9.09. The molecular weight excluding hydrogens is 240 g/mol. The van der Waals surface area contributed by atoms with Crippen molar-refractivity contribution in [3.8, 4) is 0 Å². The second-order valence-electron chi connectivity index (χ2n) is 5.94. The van der Waals surface area contributed by atoms with E-state index in [-0.39, 0.29) is 17.9 Å². The molecule has 17 heavy (non-hydrogen) atoms. The molecule has 0 bridgehead atoms. The SMILES string of the molecule is CC(C)(C)CNS(=O)(=O)N1CCCC(CO)C1. The molecule has 0 saturated carbocycles. The number of rotatable bonds is 4. The van der Waals surface area contributed by atoms with E-state index < -0.39 is 10.2 Å². The maximum absolute atomic E-state index is 12.0. The van der Waals surface area contributed by atoms with Crippen LogP contribution in [-0.4, -0.2) is 44.1 Å². The minimum Gasteiger partial charge on any atom is -0.396 e. The number of aliphatic hydroxyl groups excluding tert-OH is 1. The molecule has 0 aliphatic carbocycles. The van der Waals surface area contributed by atoms with E-state index in [1.54, 1.807) is 0 Å². The van der Waals surface area contributed by atoms with Crippen LogP contribution in [-0.2, 0) is 10.2 Å². The standard InChI is InChI=1S/C11H24N2O3S/c1-11(2,3)9-12-17(15,16)13-6-4-5-10(7-13)8-14/h10,12,14H,4-9H2,1-3H3. The van der Waals surface area contributed by atoms with Crippen molar-refractivity contribution in [1.82, 2.24) is 9.03 Å². The molecule has 6 heteroatoms. The van der Waals surface area contributed by atoms with Crippen LogP contribution >= 0.6 is 0 Å². The predicted octanol–water partition coefficient (Wildman–Crippen LogP) is 0.571. The van der Waals surface area contributed by atoms with Crippen molar-refractivity contribution in [3.05, 3.63) is 0 Å². The zero-order valence-electron chi connectivity index (χ0n) is 10.9. The van der Waals surface area contributed by atoms with Gasteiger partial charge < -0.3 is 5.11 Å². The molecule has 5 nitrogen and oxygen atoms in total. The Balaban J connectivity index is 2.57. The highest BCUT2D eigenvalue weighted by atomic mass is 32.2. The Morgan fingerprint density at radius 3 is 2.59 bits per heavy atom. The van der Waals surface area contributed by atoms with Crippen LogP contribution in [0.15, 0.2) is 0 Å². The van der Waals surface area contributed by atoms with Crippen molar-refractivity contribution in [2.45, 2.75) is 33.6 Å². The highest BCUT2D eigenvalue weighted by molar-refractivity contribution is 7.87. The largest absolute Gasteiger partial charge is 0.396 e. The molecule has 1 heterocycles. The van der Waals surface area contributed by atoms with Gasteiger partial charge in [0.1, 0.15) is 0 Å². The van der Waals surface area contributed by atoms with E-state index in [1.165, 1.54) is 4.31 Å². The number of aliphatic hydroxyl groups is 1. The van der Waals surface area contributed by atoms with Crippen LogP contribution in [0.1, 0.15) is 33.6 Å². The maximum atomic E-state index is 12.0. The predicted molar refractivity (Wildman–Crippen MR) is 67.8 cm³/mol. The molecule has 102 valence electrons. The third-order valence-electron chi connectivity index (χ3n) is 2.86. The molecule has 0 spiro atoms. The molecule has 1 saturated heterocycles. The molecule has 0 aromatic heterocycles. The molecule has 1 aliphatic rings. The molecule has 2 N–H and O–H groups in total. The Morgan fingerprint density at radius 2 is 2.06 bits per heavy atom. The van der Waals surface area contributed by atoms with E-state index in [4.69, 9.17) is 5.11 Å². The van der Waals surface area contributed by atoms with Gasteiger partial charge >= 0.3 is 0 Å². The lowest BCUT2D eigenvalue weighted by Crippen LogP contribution is -2.48. The molecule has 1 atom stereocenters. The lowest BCUT2D eigenvalue weighted by Gasteiger charge is -2.31. The van der Waals surface area contributed by atoms with Crippen LogP contribution in [0.5, 0.6) is 0 Å². The smallest absolute Gasteiger partial charge is 0.279 e.